The van der Waals surface area contributed by atoms with Gasteiger partial charge in [-0.2, -0.15) is 0 Å². The van der Waals surface area contributed by atoms with Gasteiger partial charge in [0.05, 0.1) is 17.1 Å². The molecule has 0 unspecified atom stereocenters. The third-order valence-corrected chi connectivity index (χ3v) is 4.31. The molecular weight excluding hydrogens is 284 g/mol. The van der Waals surface area contributed by atoms with Crippen LogP contribution in [0.1, 0.15) is 35.1 Å². The lowest BCUT2D eigenvalue weighted by Crippen LogP contribution is -2.31. The zero-order chi connectivity index (χ0) is 14.7. The average molecular weight is 302 g/mol. The summed E-state index contributed by atoms with van der Waals surface area (Å²) in [6.45, 7) is 3.68. The second kappa shape index (κ2) is 6.22. The van der Waals surface area contributed by atoms with E-state index in [-0.39, 0.29) is 5.91 Å². The number of carbonyl (C=O) groups excluding carboxylic acids is 1. The van der Waals surface area contributed by atoms with Gasteiger partial charge in [-0.25, -0.2) is 0 Å². The molecule has 1 aromatic heterocycles. The number of nitrogens with zero attached hydrogens (tertiary/aromatic N) is 3. The van der Waals surface area contributed by atoms with Crippen LogP contribution in [-0.2, 0) is 6.42 Å². The van der Waals surface area contributed by atoms with E-state index in [0.29, 0.717) is 11.4 Å². The van der Waals surface area contributed by atoms with Gasteiger partial charge in [-0.05, 0) is 36.5 Å². The molecule has 0 saturated carbocycles. The number of nitrogens with one attached hydrogen (secondary N) is 1. The lowest BCUT2D eigenvalue weighted by Gasteiger charge is -2.21. The zero-order valence-corrected chi connectivity index (χ0v) is 12.8. The molecule has 2 heterocycles. The molecule has 0 radical (unpaired) electrons. The molecule has 0 atom stereocenters. The number of anilines is 2. The fourth-order valence-corrected chi connectivity index (χ4v) is 3.20. The summed E-state index contributed by atoms with van der Waals surface area (Å²) in [6.07, 6.45) is 2.69. The van der Waals surface area contributed by atoms with E-state index in [1.54, 1.807) is 0 Å². The third kappa shape index (κ3) is 2.76. The van der Waals surface area contributed by atoms with E-state index in [1.807, 2.05) is 29.2 Å². The molecule has 5 nitrogen and oxygen atoms in total. The molecule has 0 fully saturated rings. The Bertz CT molecular complexity index is 640. The molecule has 6 heteroatoms. The number of hydrogen-bond acceptors (Lipinski definition) is 5. The van der Waals surface area contributed by atoms with Gasteiger partial charge < -0.3 is 10.2 Å². The molecule has 1 aliphatic heterocycles. The summed E-state index contributed by atoms with van der Waals surface area (Å²) in [5.41, 5.74) is 2.77. The lowest BCUT2D eigenvalue weighted by atomic mass is 10.2. The van der Waals surface area contributed by atoms with Crippen LogP contribution in [0, 0.1) is 0 Å². The monoisotopic (exact) mass is 302 g/mol. The predicted molar refractivity (Wildman–Crippen MR) is 85.1 cm³/mol. The van der Waals surface area contributed by atoms with Gasteiger partial charge in [0.2, 0.25) is 0 Å². The Morgan fingerprint density at radius 2 is 2.29 bits per heavy atom. The number of benzene rings is 1. The van der Waals surface area contributed by atoms with Crippen LogP contribution in [0.4, 0.5) is 11.4 Å². The maximum absolute atomic E-state index is 12.9. The summed E-state index contributed by atoms with van der Waals surface area (Å²) < 4.78 is 3.96. The van der Waals surface area contributed by atoms with E-state index < -0.39 is 0 Å². The molecule has 0 aliphatic carbocycles. The molecule has 1 amide bonds. The standard InChI is InChI=1S/C15H18N4OS/c1-2-6-12-14(21-18-17-12)15(20)19-10-5-9-16-11-7-3-4-8-13(11)19/h3-4,7-8,16H,2,5-6,9-10H2,1H3. The van der Waals surface area contributed by atoms with Gasteiger partial charge in [-0.1, -0.05) is 30.0 Å². The summed E-state index contributed by atoms with van der Waals surface area (Å²) in [4.78, 5) is 15.4. The van der Waals surface area contributed by atoms with E-state index in [2.05, 4.69) is 21.8 Å². The number of rotatable bonds is 3. The van der Waals surface area contributed by atoms with Gasteiger partial charge in [0, 0.05) is 13.1 Å². The fourth-order valence-electron chi connectivity index (χ4n) is 2.54. The summed E-state index contributed by atoms with van der Waals surface area (Å²) >= 11 is 1.20. The first kappa shape index (κ1) is 14.0. The lowest BCUT2D eigenvalue weighted by molar-refractivity contribution is 0.0990. The Morgan fingerprint density at radius 1 is 1.43 bits per heavy atom. The van der Waals surface area contributed by atoms with Crippen molar-refractivity contribution < 1.29 is 4.79 Å². The largest absolute Gasteiger partial charge is 0.383 e. The first-order valence-electron chi connectivity index (χ1n) is 7.27. The second-order valence-electron chi connectivity index (χ2n) is 5.05. The molecule has 2 aromatic rings. The van der Waals surface area contributed by atoms with E-state index in [0.717, 1.165) is 42.9 Å². The van der Waals surface area contributed by atoms with Crippen LogP contribution in [0.15, 0.2) is 24.3 Å². The van der Waals surface area contributed by atoms with Crippen LogP contribution >= 0.6 is 11.5 Å². The quantitative estimate of drug-likeness (QED) is 0.947. The smallest absolute Gasteiger partial charge is 0.272 e. The van der Waals surface area contributed by atoms with Crippen LogP contribution in [0.25, 0.3) is 0 Å². The summed E-state index contributed by atoms with van der Waals surface area (Å²) in [5.74, 6) is 0.0181. The maximum Gasteiger partial charge on any atom is 0.272 e. The van der Waals surface area contributed by atoms with E-state index in [4.69, 9.17) is 0 Å². The summed E-state index contributed by atoms with van der Waals surface area (Å²) in [5, 5.41) is 7.48. The van der Waals surface area contributed by atoms with E-state index in [1.165, 1.54) is 11.5 Å². The van der Waals surface area contributed by atoms with Crippen molar-refractivity contribution in [2.45, 2.75) is 26.2 Å². The second-order valence-corrected chi connectivity index (χ2v) is 5.81. The van der Waals surface area contributed by atoms with Gasteiger partial charge in [0.25, 0.3) is 5.91 Å². The van der Waals surface area contributed by atoms with Crippen molar-refractivity contribution in [2.75, 3.05) is 23.3 Å². The minimum absolute atomic E-state index is 0.0181. The van der Waals surface area contributed by atoms with Gasteiger partial charge in [0.15, 0.2) is 0 Å². The molecule has 3 rings (SSSR count). The molecule has 110 valence electrons. The van der Waals surface area contributed by atoms with Crippen molar-refractivity contribution in [3.05, 3.63) is 34.8 Å². The molecule has 0 bridgehead atoms. The molecular formula is C15H18N4OS. The van der Waals surface area contributed by atoms with Crippen molar-refractivity contribution in [2.24, 2.45) is 0 Å². The van der Waals surface area contributed by atoms with E-state index >= 15 is 0 Å². The Kier molecular flexibility index (Phi) is 4.15. The van der Waals surface area contributed by atoms with Crippen molar-refractivity contribution in [1.29, 1.82) is 0 Å². The van der Waals surface area contributed by atoms with Crippen LogP contribution in [0.5, 0.6) is 0 Å². The highest BCUT2D eigenvalue weighted by Gasteiger charge is 2.25. The minimum Gasteiger partial charge on any atom is -0.383 e. The summed E-state index contributed by atoms with van der Waals surface area (Å²) in [7, 11) is 0. The average Bonchev–Trinajstić information content (AvgIpc) is 2.85. The Hall–Kier alpha value is -1.95. The molecule has 21 heavy (non-hydrogen) atoms. The van der Waals surface area contributed by atoms with E-state index in [9.17, 15) is 4.79 Å². The zero-order valence-electron chi connectivity index (χ0n) is 12.0. The first-order valence-corrected chi connectivity index (χ1v) is 8.04. The highest BCUT2D eigenvalue weighted by Crippen LogP contribution is 2.30. The normalized spacial score (nSPS) is 14.2. The fraction of sp³-hybridized carbons (Fsp3) is 0.400. The highest BCUT2D eigenvalue weighted by molar-refractivity contribution is 7.08. The third-order valence-electron chi connectivity index (χ3n) is 3.55. The van der Waals surface area contributed by atoms with Gasteiger partial charge >= 0.3 is 0 Å². The molecule has 0 spiro atoms. The SMILES string of the molecule is CCCc1nnsc1C(=O)N1CCCNc2ccccc21. The first-order chi connectivity index (χ1) is 10.3. The number of fused-ring (bicyclic) bond motifs is 1. The molecule has 0 saturated heterocycles. The number of carbonyl (C=O) groups is 1. The number of aromatic nitrogens is 2. The van der Waals surface area contributed by atoms with Crippen LogP contribution in [0.3, 0.4) is 0 Å². The van der Waals surface area contributed by atoms with Crippen molar-refractivity contribution in [3.63, 3.8) is 0 Å². The van der Waals surface area contributed by atoms with Crippen LogP contribution in [-0.4, -0.2) is 28.6 Å². The Labute approximate surface area is 128 Å². The van der Waals surface area contributed by atoms with Crippen LogP contribution in [0.2, 0.25) is 0 Å². The van der Waals surface area contributed by atoms with Gasteiger partial charge in [0.1, 0.15) is 4.88 Å². The Morgan fingerprint density at radius 3 is 3.14 bits per heavy atom. The van der Waals surface area contributed by atoms with Crippen molar-refractivity contribution in [3.8, 4) is 0 Å². The highest BCUT2D eigenvalue weighted by atomic mass is 32.1. The van der Waals surface area contributed by atoms with Crippen molar-refractivity contribution >= 4 is 28.8 Å². The number of amides is 1. The molecule has 1 aromatic carbocycles. The molecule has 1 N–H and O–H groups in total. The predicted octanol–water partition coefficient (Wildman–Crippen LogP) is 2.95. The molecule has 1 aliphatic rings. The van der Waals surface area contributed by atoms with Crippen molar-refractivity contribution in [1.82, 2.24) is 9.59 Å². The number of aryl methyl sites for hydroxylation is 1. The minimum atomic E-state index is 0.0181. The number of para-hydroxylation sites is 2. The summed E-state index contributed by atoms with van der Waals surface area (Å²) in [6, 6.07) is 7.94. The Balaban J connectivity index is 1.95. The number of hydrogen-bond donors (Lipinski definition) is 1. The van der Waals surface area contributed by atoms with Gasteiger partial charge in [-0.3, -0.25) is 4.79 Å². The maximum atomic E-state index is 12.9. The van der Waals surface area contributed by atoms with Gasteiger partial charge in [-0.15, -0.1) is 5.10 Å². The topological polar surface area (TPSA) is 58.1 Å². The van der Waals surface area contributed by atoms with Crippen LogP contribution < -0.4 is 10.2 Å².